The van der Waals surface area contributed by atoms with E-state index in [1.807, 2.05) is 0 Å². The Labute approximate surface area is 238 Å². The van der Waals surface area contributed by atoms with Crippen LogP contribution in [0, 0.1) is 0 Å². The number of methoxy groups -OCH3 is 1. The van der Waals surface area contributed by atoms with Crippen LogP contribution in [0.5, 0.6) is 5.75 Å². The van der Waals surface area contributed by atoms with Gasteiger partial charge in [-0.25, -0.2) is 0 Å². The van der Waals surface area contributed by atoms with E-state index in [1.54, 1.807) is 30.3 Å². The highest BCUT2D eigenvalue weighted by Crippen LogP contribution is 2.42. The maximum Gasteiger partial charge on any atom is 0.422 e. The molecule has 7 nitrogen and oxygen atoms in total. The summed E-state index contributed by atoms with van der Waals surface area (Å²) in [5.41, 5.74) is 1.71. The summed E-state index contributed by atoms with van der Waals surface area (Å²) in [4.78, 5) is 0. The van der Waals surface area contributed by atoms with Crippen molar-refractivity contribution in [1.82, 2.24) is 0 Å². The summed E-state index contributed by atoms with van der Waals surface area (Å²) >= 11 is 6.47. The average Bonchev–Trinajstić information content (AvgIpc) is 2.87. The molecule has 0 bridgehead atoms. The van der Waals surface area contributed by atoms with E-state index in [0.29, 0.717) is 22.6 Å². The van der Waals surface area contributed by atoms with Crippen molar-refractivity contribution in [3.8, 4) is 5.75 Å². The maximum absolute atomic E-state index is 12.4. The largest absolute Gasteiger partial charge is 0.484 e. The third-order valence-corrected chi connectivity index (χ3v) is 12.5. The zero-order valence-electron chi connectivity index (χ0n) is 23.5. The molecule has 2 unspecified atom stereocenters. The van der Waals surface area contributed by atoms with Crippen molar-refractivity contribution in [2.45, 2.75) is 81.7 Å². The molecule has 1 saturated heterocycles. The molecule has 3 N–H and O–H groups in total. The van der Waals surface area contributed by atoms with Gasteiger partial charge >= 0.3 is 6.18 Å². The maximum atomic E-state index is 12.4. The third-order valence-electron chi connectivity index (χ3n) is 7.66. The number of aliphatic hydroxyl groups excluding tert-OH is 3. The van der Waals surface area contributed by atoms with Crippen molar-refractivity contribution in [1.29, 1.82) is 0 Å². The summed E-state index contributed by atoms with van der Waals surface area (Å²) in [6.45, 7) is 8.93. The summed E-state index contributed by atoms with van der Waals surface area (Å²) in [7, 11) is -0.903. The molecule has 1 heterocycles. The summed E-state index contributed by atoms with van der Waals surface area (Å²) in [5, 5.41) is 32.9. The molecule has 0 aliphatic carbocycles. The Balaban J connectivity index is 1.86. The second-order valence-electron chi connectivity index (χ2n) is 11.6. The van der Waals surface area contributed by atoms with E-state index >= 15 is 0 Å². The molecule has 2 aromatic rings. The molecule has 40 heavy (non-hydrogen) atoms. The van der Waals surface area contributed by atoms with Crippen LogP contribution in [0.15, 0.2) is 42.5 Å². The number of alkyl halides is 3. The number of benzene rings is 2. The van der Waals surface area contributed by atoms with Crippen molar-refractivity contribution >= 4 is 19.9 Å². The Bertz CT molecular complexity index is 1140. The molecular weight excluding hydrogens is 569 g/mol. The molecule has 0 spiro atoms. The van der Waals surface area contributed by atoms with E-state index in [9.17, 15) is 28.5 Å². The van der Waals surface area contributed by atoms with E-state index in [-0.39, 0.29) is 17.4 Å². The summed E-state index contributed by atoms with van der Waals surface area (Å²) in [6, 6.07) is 11.0. The van der Waals surface area contributed by atoms with E-state index in [1.165, 1.54) is 19.2 Å². The topological polar surface area (TPSA) is 97.6 Å². The minimum atomic E-state index is -4.44. The van der Waals surface area contributed by atoms with Crippen LogP contribution < -0.4 is 4.74 Å². The third kappa shape index (κ3) is 7.38. The van der Waals surface area contributed by atoms with Crippen molar-refractivity contribution < 1.29 is 47.1 Å². The summed E-state index contributed by atoms with van der Waals surface area (Å²) < 4.78 is 60.2. The molecular formula is C28H38ClF3O7Si. The van der Waals surface area contributed by atoms with E-state index in [0.717, 1.165) is 5.56 Å². The molecule has 1 aliphatic heterocycles. The Kier molecular flexibility index (Phi) is 10.1. The van der Waals surface area contributed by atoms with Gasteiger partial charge in [0.15, 0.2) is 14.9 Å². The molecule has 0 saturated carbocycles. The van der Waals surface area contributed by atoms with Crippen LogP contribution in [-0.2, 0) is 26.1 Å². The van der Waals surface area contributed by atoms with Gasteiger partial charge in [-0.2, -0.15) is 13.2 Å². The van der Waals surface area contributed by atoms with E-state index < -0.39 is 51.3 Å². The molecule has 1 aliphatic rings. The van der Waals surface area contributed by atoms with Crippen LogP contribution in [0.4, 0.5) is 13.2 Å². The van der Waals surface area contributed by atoms with Crippen molar-refractivity contribution in [2.24, 2.45) is 0 Å². The van der Waals surface area contributed by atoms with Gasteiger partial charge < -0.3 is 34.0 Å². The fraction of sp³-hybridized carbons (Fsp3) is 0.571. The van der Waals surface area contributed by atoms with E-state index in [2.05, 4.69) is 33.9 Å². The van der Waals surface area contributed by atoms with Crippen LogP contribution in [0.3, 0.4) is 0 Å². The summed E-state index contributed by atoms with van der Waals surface area (Å²) in [5.74, 6) is -1.76. The highest BCUT2D eigenvalue weighted by atomic mass is 35.5. The normalized spacial score (nSPS) is 26.1. The first-order valence-electron chi connectivity index (χ1n) is 12.9. The lowest BCUT2D eigenvalue weighted by atomic mass is 9.87. The smallest absolute Gasteiger partial charge is 0.422 e. The Morgan fingerprint density at radius 2 is 1.62 bits per heavy atom. The first kappa shape index (κ1) is 32.8. The predicted octanol–water partition coefficient (Wildman–Crippen LogP) is 5.17. The molecule has 2 aromatic carbocycles. The van der Waals surface area contributed by atoms with Gasteiger partial charge in [-0.3, -0.25) is 0 Å². The lowest BCUT2D eigenvalue weighted by molar-refractivity contribution is -0.365. The molecule has 12 heteroatoms. The molecule has 0 radical (unpaired) electrons. The van der Waals surface area contributed by atoms with Gasteiger partial charge in [-0.1, -0.05) is 50.6 Å². The number of halogens is 4. The number of aliphatic hydroxyl groups is 3. The predicted molar refractivity (Wildman–Crippen MR) is 147 cm³/mol. The Hall–Kier alpha value is -1.70. The number of hydrogen-bond donors (Lipinski definition) is 3. The van der Waals surface area contributed by atoms with Crippen molar-refractivity contribution in [3.63, 3.8) is 0 Å². The first-order valence-corrected chi connectivity index (χ1v) is 16.2. The highest BCUT2D eigenvalue weighted by Gasteiger charge is 2.55. The van der Waals surface area contributed by atoms with Crippen LogP contribution in [0.25, 0.3) is 0 Å². The van der Waals surface area contributed by atoms with Crippen molar-refractivity contribution in [2.75, 3.05) is 20.3 Å². The Morgan fingerprint density at radius 3 is 2.17 bits per heavy atom. The molecule has 3 rings (SSSR count). The minimum absolute atomic E-state index is 0.0181. The van der Waals surface area contributed by atoms with Gasteiger partial charge in [0.2, 0.25) is 5.79 Å². The number of rotatable bonds is 9. The minimum Gasteiger partial charge on any atom is -0.484 e. The number of hydrogen-bond acceptors (Lipinski definition) is 7. The molecule has 0 amide bonds. The monoisotopic (exact) mass is 606 g/mol. The first-order chi connectivity index (χ1) is 18.4. The van der Waals surface area contributed by atoms with Crippen LogP contribution >= 0.6 is 11.6 Å². The van der Waals surface area contributed by atoms with Gasteiger partial charge in [0, 0.05) is 17.7 Å². The fourth-order valence-corrected chi connectivity index (χ4v) is 5.37. The van der Waals surface area contributed by atoms with Gasteiger partial charge in [0.1, 0.15) is 30.2 Å². The van der Waals surface area contributed by atoms with Crippen LogP contribution in [0.2, 0.25) is 23.2 Å². The average molecular weight is 607 g/mol. The number of ether oxygens (including phenoxy) is 3. The highest BCUT2D eigenvalue weighted by molar-refractivity contribution is 6.74. The lowest BCUT2D eigenvalue weighted by Crippen LogP contribution is -2.64. The molecule has 5 atom stereocenters. The van der Waals surface area contributed by atoms with Crippen LogP contribution in [-0.4, -0.2) is 74.6 Å². The van der Waals surface area contributed by atoms with Gasteiger partial charge in [0.05, 0.1) is 6.61 Å². The molecule has 224 valence electrons. The molecule has 0 aromatic heterocycles. The summed E-state index contributed by atoms with van der Waals surface area (Å²) in [6.07, 6.45) is -9.80. The van der Waals surface area contributed by atoms with Gasteiger partial charge in [-0.15, -0.1) is 0 Å². The lowest BCUT2D eigenvalue weighted by Gasteiger charge is -2.49. The van der Waals surface area contributed by atoms with Gasteiger partial charge in [-0.05, 0) is 59.9 Å². The quantitative estimate of drug-likeness (QED) is 0.339. The zero-order valence-corrected chi connectivity index (χ0v) is 25.2. The SMILES string of the molecule is COC1(c2ccc(Cl)c(Cc3ccc(OCC(F)(F)F)cc3)c2)O[C@H](CO[Si](C)(C)C(C)(C)C)[C@@H](O)C(O)[C@H]1O. The second kappa shape index (κ2) is 12.3. The van der Waals surface area contributed by atoms with Gasteiger partial charge in [0.25, 0.3) is 0 Å². The zero-order chi connectivity index (χ0) is 30.1. The standard InChI is InChI=1S/C28H38ClF3O7Si/c1-26(2,3)40(5,6)38-15-22-23(33)24(34)25(35)28(36-4,39-22)19-9-12-21(29)18(14-19)13-17-7-10-20(11-8-17)37-16-27(30,31)32/h7-12,14,22-25,33-35H,13,15-16H2,1-6H3/t22-,23-,24?,25-,28?/m1/s1. The van der Waals surface area contributed by atoms with E-state index in [4.69, 9.17) is 30.2 Å². The van der Waals surface area contributed by atoms with Crippen molar-refractivity contribution in [3.05, 3.63) is 64.2 Å². The fourth-order valence-electron chi connectivity index (χ4n) is 4.18. The second-order valence-corrected chi connectivity index (χ2v) is 16.8. The van der Waals surface area contributed by atoms with Crippen LogP contribution in [0.1, 0.15) is 37.5 Å². The Morgan fingerprint density at radius 1 is 1.00 bits per heavy atom. The molecule has 1 fully saturated rings.